The molecule has 0 unspecified atom stereocenters. The molecular formula is C12H20BrN5O. The Labute approximate surface area is 121 Å². The fourth-order valence-electron chi connectivity index (χ4n) is 2.05. The smallest absolute Gasteiger partial charge is 0.282 e. The highest BCUT2D eigenvalue weighted by molar-refractivity contribution is 9.10. The number of nitrogens with one attached hydrogen (secondary N) is 1. The van der Waals surface area contributed by atoms with Gasteiger partial charge in [-0.2, -0.15) is 5.10 Å². The Hall–Kier alpha value is -0.920. The van der Waals surface area contributed by atoms with E-state index in [9.17, 15) is 4.79 Å². The van der Waals surface area contributed by atoms with Crippen molar-refractivity contribution >= 4 is 21.6 Å². The maximum Gasteiger partial charge on any atom is 0.282 e. The first-order valence-electron chi connectivity index (χ1n) is 6.44. The number of nitrogens with zero attached hydrogens (tertiary/aromatic N) is 4. The van der Waals surface area contributed by atoms with Gasteiger partial charge in [0.15, 0.2) is 0 Å². The molecule has 1 N–H and O–H groups in total. The quantitative estimate of drug-likeness (QED) is 0.855. The summed E-state index contributed by atoms with van der Waals surface area (Å²) < 4.78 is 1.86. The second kappa shape index (κ2) is 6.49. The van der Waals surface area contributed by atoms with Crippen molar-refractivity contribution < 1.29 is 0 Å². The summed E-state index contributed by atoms with van der Waals surface area (Å²) in [5.74, 6) is 0. The van der Waals surface area contributed by atoms with E-state index in [1.54, 1.807) is 13.2 Å². The van der Waals surface area contributed by atoms with Crippen LogP contribution in [0.4, 0.5) is 5.69 Å². The van der Waals surface area contributed by atoms with Crippen molar-refractivity contribution in [2.24, 2.45) is 7.05 Å². The molecule has 6 nitrogen and oxygen atoms in total. The number of hydrogen-bond acceptors (Lipinski definition) is 5. The molecule has 1 saturated heterocycles. The molecule has 0 aliphatic carbocycles. The van der Waals surface area contributed by atoms with Gasteiger partial charge in [0.1, 0.15) is 4.47 Å². The third-order valence-electron chi connectivity index (χ3n) is 3.42. The van der Waals surface area contributed by atoms with Crippen LogP contribution < -0.4 is 10.9 Å². The van der Waals surface area contributed by atoms with Crippen molar-refractivity contribution in [2.75, 3.05) is 51.6 Å². The highest BCUT2D eigenvalue weighted by Crippen LogP contribution is 2.15. The summed E-state index contributed by atoms with van der Waals surface area (Å²) in [6.07, 6.45) is 1.68. The minimum atomic E-state index is -0.121. The predicted octanol–water partition coefficient (Wildman–Crippen LogP) is 0.202. The lowest BCUT2D eigenvalue weighted by atomic mass is 10.3. The first kappa shape index (κ1) is 14.5. The summed E-state index contributed by atoms with van der Waals surface area (Å²) in [5, 5.41) is 7.27. The molecule has 0 atom stereocenters. The van der Waals surface area contributed by atoms with E-state index in [0.29, 0.717) is 4.47 Å². The lowest BCUT2D eigenvalue weighted by molar-refractivity contribution is 0.158. The van der Waals surface area contributed by atoms with Gasteiger partial charge in [-0.1, -0.05) is 0 Å². The standard InChI is InChI=1S/C12H20BrN5O/c1-16-5-7-18(8-6-16)4-3-14-10-9-15-17(2)12(19)11(10)13/h9,14H,3-8H2,1-2H3. The van der Waals surface area contributed by atoms with E-state index in [2.05, 4.69) is 43.2 Å². The van der Waals surface area contributed by atoms with Crippen LogP contribution in [-0.2, 0) is 7.05 Å². The van der Waals surface area contributed by atoms with Gasteiger partial charge in [-0.15, -0.1) is 0 Å². The fraction of sp³-hybridized carbons (Fsp3) is 0.667. The number of rotatable bonds is 4. The molecular weight excluding hydrogens is 310 g/mol. The van der Waals surface area contributed by atoms with Crippen LogP contribution in [-0.4, -0.2) is 65.9 Å². The third kappa shape index (κ3) is 3.77. The Morgan fingerprint density at radius 1 is 1.32 bits per heavy atom. The minimum absolute atomic E-state index is 0.121. The van der Waals surface area contributed by atoms with Gasteiger partial charge in [0.2, 0.25) is 0 Å². The first-order valence-corrected chi connectivity index (χ1v) is 7.24. The van der Waals surface area contributed by atoms with Crippen LogP contribution >= 0.6 is 15.9 Å². The van der Waals surface area contributed by atoms with Crippen molar-refractivity contribution in [2.45, 2.75) is 0 Å². The fourth-order valence-corrected chi connectivity index (χ4v) is 2.55. The SMILES string of the molecule is CN1CCN(CCNc2cnn(C)c(=O)c2Br)CC1. The van der Waals surface area contributed by atoms with E-state index in [1.807, 2.05) is 0 Å². The molecule has 1 fully saturated rings. The van der Waals surface area contributed by atoms with Crippen LogP contribution in [0.3, 0.4) is 0 Å². The number of likely N-dealkylation sites (N-methyl/N-ethyl adjacent to an activating group) is 1. The second-order valence-electron chi connectivity index (χ2n) is 4.87. The number of hydrogen-bond donors (Lipinski definition) is 1. The zero-order valence-corrected chi connectivity index (χ0v) is 13.0. The molecule has 0 aromatic carbocycles. The van der Waals surface area contributed by atoms with Crippen molar-refractivity contribution in [1.29, 1.82) is 0 Å². The van der Waals surface area contributed by atoms with E-state index in [-0.39, 0.29) is 5.56 Å². The molecule has 0 saturated carbocycles. The Morgan fingerprint density at radius 3 is 2.68 bits per heavy atom. The van der Waals surface area contributed by atoms with Crippen LogP contribution in [0.2, 0.25) is 0 Å². The number of halogens is 1. The molecule has 19 heavy (non-hydrogen) atoms. The average molecular weight is 330 g/mol. The maximum atomic E-state index is 11.7. The molecule has 0 amide bonds. The van der Waals surface area contributed by atoms with Gasteiger partial charge in [-0.25, -0.2) is 4.68 Å². The monoisotopic (exact) mass is 329 g/mol. The summed E-state index contributed by atoms with van der Waals surface area (Å²) in [5.41, 5.74) is 0.641. The van der Waals surface area contributed by atoms with Crippen LogP contribution in [0.1, 0.15) is 0 Å². The van der Waals surface area contributed by atoms with Crippen molar-refractivity contribution in [3.63, 3.8) is 0 Å². The minimum Gasteiger partial charge on any atom is -0.381 e. The van der Waals surface area contributed by atoms with Gasteiger partial charge >= 0.3 is 0 Å². The first-order chi connectivity index (χ1) is 9.08. The number of piperazine rings is 1. The summed E-state index contributed by atoms with van der Waals surface area (Å²) in [4.78, 5) is 16.5. The molecule has 106 valence electrons. The van der Waals surface area contributed by atoms with Gasteiger partial charge < -0.3 is 10.2 Å². The maximum absolute atomic E-state index is 11.7. The topological polar surface area (TPSA) is 53.4 Å². The van der Waals surface area contributed by atoms with Crippen molar-refractivity contribution in [1.82, 2.24) is 19.6 Å². The van der Waals surface area contributed by atoms with Gasteiger partial charge in [0.05, 0.1) is 11.9 Å². The molecule has 1 aromatic heterocycles. The molecule has 1 aliphatic rings. The van der Waals surface area contributed by atoms with Crippen LogP contribution in [0.25, 0.3) is 0 Å². The second-order valence-corrected chi connectivity index (χ2v) is 5.67. The van der Waals surface area contributed by atoms with Gasteiger partial charge in [-0.05, 0) is 23.0 Å². The zero-order valence-electron chi connectivity index (χ0n) is 11.4. The average Bonchev–Trinajstić information content (AvgIpc) is 2.41. The van der Waals surface area contributed by atoms with E-state index in [0.717, 1.165) is 45.0 Å². The molecule has 1 aliphatic heterocycles. The Balaban J connectivity index is 1.83. The van der Waals surface area contributed by atoms with Crippen molar-refractivity contribution in [3.05, 3.63) is 21.0 Å². The number of aromatic nitrogens is 2. The lowest BCUT2D eigenvalue weighted by Crippen LogP contribution is -2.45. The molecule has 2 heterocycles. The van der Waals surface area contributed by atoms with E-state index in [1.165, 1.54) is 4.68 Å². The van der Waals surface area contributed by atoms with Crippen LogP contribution in [0.5, 0.6) is 0 Å². The molecule has 0 bridgehead atoms. The third-order valence-corrected chi connectivity index (χ3v) is 4.18. The summed E-state index contributed by atoms with van der Waals surface area (Å²) in [6.45, 7) is 6.25. The van der Waals surface area contributed by atoms with E-state index < -0.39 is 0 Å². The summed E-state index contributed by atoms with van der Waals surface area (Å²) in [7, 11) is 3.79. The molecule has 7 heteroatoms. The predicted molar refractivity (Wildman–Crippen MR) is 79.6 cm³/mol. The van der Waals surface area contributed by atoms with E-state index >= 15 is 0 Å². The Kier molecular flexibility index (Phi) is 4.95. The van der Waals surface area contributed by atoms with E-state index in [4.69, 9.17) is 0 Å². The Bertz CT molecular complexity index is 481. The molecule has 2 rings (SSSR count). The molecule has 0 radical (unpaired) electrons. The normalized spacial score (nSPS) is 17.6. The van der Waals surface area contributed by atoms with Crippen LogP contribution in [0, 0.1) is 0 Å². The van der Waals surface area contributed by atoms with Gasteiger partial charge in [0.25, 0.3) is 5.56 Å². The zero-order chi connectivity index (χ0) is 13.8. The lowest BCUT2D eigenvalue weighted by Gasteiger charge is -2.32. The Morgan fingerprint density at radius 2 is 2.00 bits per heavy atom. The highest BCUT2D eigenvalue weighted by atomic mass is 79.9. The number of anilines is 1. The van der Waals surface area contributed by atoms with Gasteiger partial charge in [0, 0.05) is 46.3 Å². The largest absolute Gasteiger partial charge is 0.381 e. The van der Waals surface area contributed by atoms with Crippen molar-refractivity contribution in [3.8, 4) is 0 Å². The number of aryl methyl sites for hydroxylation is 1. The molecule has 0 spiro atoms. The van der Waals surface area contributed by atoms with Crippen LogP contribution in [0.15, 0.2) is 15.5 Å². The highest BCUT2D eigenvalue weighted by Gasteiger charge is 2.13. The molecule has 1 aromatic rings. The summed E-state index contributed by atoms with van der Waals surface area (Å²) in [6, 6.07) is 0. The van der Waals surface area contributed by atoms with Gasteiger partial charge in [-0.3, -0.25) is 9.69 Å². The summed E-state index contributed by atoms with van der Waals surface area (Å²) >= 11 is 3.31.